The van der Waals surface area contributed by atoms with E-state index in [1.165, 1.54) is 16.7 Å². The molecule has 106 valence electrons. The van der Waals surface area contributed by atoms with Crippen LogP contribution in [0.15, 0.2) is 42.5 Å². The van der Waals surface area contributed by atoms with Crippen LogP contribution in [0.3, 0.4) is 0 Å². The first kappa shape index (κ1) is 14.4. The zero-order chi connectivity index (χ0) is 14.5. The van der Waals surface area contributed by atoms with E-state index in [-0.39, 0.29) is 0 Å². The maximum Gasteiger partial charge on any atom is 0.0603 e. The van der Waals surface area contributed by atoms with Gasteiger partial charge in [0, 0.05) is 6.54 Å². The second-order valence-corrected chi connectivity index (χ2v) is 5.61. The maximum absolute atomic E-state index is 5.99. The highest BCUT2D eigenvalue weighted by molar-refractivity contribution is 5.69. The summed E-state index contributed by atoms with van der Waals surface area (Å²) in [7, 11) is 0. The van der Waals surface area contributed by atoms with Crippen molar-refractivity contribution in [2.45, 2.75) is 33.1 Å². The Morgan fingerprint density at radius 3 is 2.35 bits per heavy atom. The summed E-state index contributed by atoms with van der Waals surface area (Å²) < 4.78 is 0. The van der Waals surface area contributed by atoms with Gasteiger partial charge in [0.05, 0.1) is 11.4 Å². The van der Waals surface area contributed by atoms with Crippen molar-refractivity contribution in [3.63, 3.8) is 0 Å². The van der Waals surface area contributed by atoms with Gasteiger partial charge in [0.2, 0.25) is 0 Å². The lowest BCUT2D eigenvalue weighted by Crippen LogP contribution is -2.08. The molecular formula is C18H24N2. The molecule has 0 heterocycles. The predicted molar refractivity (Wildman–Crippen MR) is 88.3 cm³/mol. The van der Waals surface area contributed by atoms with Crippen LogP contribution in [0, 0.1) is 6.92 Å². The summed E-state index contributed by atoms with van der Waals surface area (Å²) in [6.45, 7) is 7.42. The molecule has 2 aromatic rings. The average molecular weight is 268 g/mol. The number of benzene rings is 2. The van der Waals surface area contributed by atoms with Crippen LogP contribution in [-0.4, -0.2) is 6.54 Å². The van der Waals surface area contributed by atoms with Crippen LogP contribution in [0.2, 0.25) is 0 Å². The SMILES string of the molecule is Cc1cccc(N)c1NCCc1ccc(C(C)C)cc1. The number of nitrogens with two attached hydrogens (primary N) is 1. The van der Waals surface area contributed by atoms with Gasteiger partial charge in [-0.05, 0) is 42.0 Å². The molecule has 0 bridgehead atoms. The second-order valence-electron chi connectivity index (χ2n) is 5.61. The fraction of sp³-hybridized carbons (Fsp3) is 0.333. The minimum Gasteiger partial charge on any atom is -0.397 e. The zero-order valence-electron chi connectivity index (χ0n) is 12.6. The summed E-state index contributed by atoms with van der Waals surface area (Å²) in [4.78, 5) is 0. The fourth-order valence-corrected chi connectivity index (χ4v) is 2.33. The topological polar surface area (TPSA) is 38.0 Å². The van der Waals surface area contributed by atoms with E-state index in [0.717, 1.165) is 24.3 Å². The van der Waals surface area contributed by atoms with Gasteiger partial charge in [0.1, 0.15) is 0 Å². The first-order chi connectivity index (χ1) is 9.58. The predicted octanol–water partition coefficient (Wildman–Crippen LogP) is 4.36. The van der Waals surface area contributed by atoms with Crippen LogP contribution in [0.5, 0.6) is 0 Å². The van der Waals surface area contributed by atoms with E-state index in [9.17, 15) is 0 Å². The standard InChI is InChI=1S/C18H24N2/c1-13(2)16-9-7-15(8-10-16)11-12-20-18-14(3)5-4-6-17(18)19/h4-10,13,20H,11-12,19H2,1-3H3. The van der Waals surface area contributed by atoms with E-state index in [1.807, 2.05) is 12.1 Å². The Labute approximate surface area is 122 Å². The van der Waals surface area contributed by atoms with Gasteiger partial charge in [-0.3, -0.25) is 0 Å². The van der Waals surface area contributed by atoms with E-state index in [0.29, 0.717) is 5.92 Å². The highest BCUT2D eigenvalue weighted by Gasteiger charge is 2.02. The van der Waals surface area contributed by atoms with Crippen LogP contribution in [-0.2, 0) is 6.42 Å². The van der Waals surface area contributed by atoms with Gasteiger partial charge >= 0.3 is 0 Å². The molecular weight excluding hydrogens is 244 g/mol. The minimum absolute atomic E-state index is 0.592. The van der Waals surface area contributed by atoms with Gasteiger partial charge in [-0.25, -0.2) is 0 Å². The van der Waals surface area contributed by atoms with Gasteiger partial charge in [-0.1, -0.05) is 50.2 Å². The lowest BCUT2D eigenvalue weighted by molar-refractivity contribution is 0.864. The van der Waals surface area contributed by atoms with Crippen LogP contribution in [0.25, 0.3) is 0 Å². The molecule has 2 nitrogen and oxygen atoms in total. The number of para-hydroxylation sites is 1. The summed E-state index contributed by atoms with van der Waals surface area (Å²) in [6, 6.07) is 14.9. The van der Waals surface area contributed by atoms with Crippen molar-refractivity contribution < 1.29 is 0 Å². The van der Waals surface area contributed by atoms with Gasteiger partial charge < -0.3 is 11.1 Å². The summed E-state index contributed by atoms with van der Waals surface area (Å²) >= 11 is 0. The molecule has 0 aliphatic rings. The van der Waals surface area contributed by atoms with Gasteiger partial charge in [0.25, 0.3) is 0 Å². The van der Waals surface area contributed by atoms with Crippen molar-refractivity contribution in [2.75, 3.05) is 17.6 Å². The van der Waals surface area contributed by atoms with Crippen LogP contribution in [0.1, 0.15) is 36.5 Å². The first-order valence-electron chi connectivity index (χ1n) is 7.25. The van der Waals surface area contributed by atoms with E-state index in [1.54, 1.807) is 0 Å². The molecule has 0 spiro atoms. The molecule has 0 fully saturated rings. The van der Waals surface area contributed by atoms with Gasteiger partial charge in [-0.15, -0.1) is 0 Å². The molecule has 2 aromatic carbocycles. The number of rotatable bonds is 5. The van der Waals surface area contributed by atoms with Crippen molar-refractivity contribution >= 4 is 11.4 Å². The van der Waals surface area contributed by atoms with Crippen molar-refractivity contribution in [1.29, 1.82) is 0 Å². The Hall–Kier alpha value is -1.96. The van der Waals surface area contributed by atoms with Crippen molar-refractivity contribution in [3.05, 3.63) is 59.2 Å². The number of aryl methyl sites for hydroxylation is 1. The molecule has 0 amide bonds. The quantitative estimate of drug-likeness (QED) is 0.791. The Morgan fingerprint density at radius 2 is 1.75 bits per heavy atom. The molecule has 0 aromatic heterocycles. The fourth-order valence-electron chi connectivity index (χ4n) is 2.33. The number of anilines is 2. The number of hydrogen-bond donors (Lipinski definition) is 2. The molecule has 2 heteroatoms. The Balaban J connectivity index is 1.93. The molecule has 0 unspecified atom stereocenters. The summed E-state index contributed by atoms with van der Waals surface area (Å²) in [5.74, 6) is 0.592. The van der Waals surface area contributed by atoms with E-state index in [2.05, 4.69) is 56.4 Å². The maximum atomic E-state index is 5.99. The Morgan fingerprint density at radius 1 is 1.05 bits per heavy atom. The minimum atomic E-state index is 0.592. The third kappa shape index (κ3) is 3.53. The number of nitrogen functional groups attached to an aromatic ring is 1. The average Bonchev–Trinajstić information content (AvgIpc) is 2.42. The molecule has 0 atom stereocenters. The van der Waals surface area contributed by atoms with Crippen LogP contribution < -0.4 is 11.1 Å². The first-order valence-corrected chi connectivity index (χ1v) is 7.25. The molecule has 0 aliphatic heterocycles. The van der Waals surface area contributed by atoms with Crippen molar-refractivity contribution in [1.82, 2.24) is 0 Å². The zero-order valence-corrected chi connectivity index (χ0v) is 12.6. The molecule has 0 radical (unpaired) electrons. The van der Waals surface area contributed by atoms with Crippen LogP contribution in [0.4, 0.5) is 11.4 Å². The Bertz CT molecular complexity index is 536. The smallest absolute Gasteiger partial charge is 0.0603 e. The third-order valence-corrected chi connectivity index (χ3v) is 3.67. The Kier molecular flexibility index (Phi) is 4.67. The van der Waals surface area contributed by atoms with E-state index in [4.69, 9.17) is 5.73 Å². The largest absolute Gasteiger partial charge is 0.397 e. The monoisotopic (exact) mass is 268 g/mol. The lowest BCUT2D eigenvalue weighted by Gasteiger charge is -2.12. The van der Waals surface area contributed by atoms with E-state index < -0.39 is 0 Å². The highest BCUT2D eigenvalue weighted by atomic mass is 14.9. The van der Waals surface area contributed by atoms with E-state index >= 15 is 0 Å². The molecule has 0 saturated heterocycles. The molecule has 0 saturated carbocycles. The summed E-state index contributed by atoms with van der Waals surface area (Å²) in [6.07, 6.45) is 1.01. The summed E-state index contributed by atoms with van der Waals surface area (Å²) in [5.41, 5.74) is 11.8. The van der Waals surface area contributed by atoms with Gasteiger partial charge in [-0.2, -0.15) is 0 Å². The normalized spacial score (nSPS) is 10.8. The molecule has 0 aliphatic carbocycles. The molecule has 20 heavy (non-hydrogen) atoms. The molecule has 3 N–H and O–H groups in total. The molecule has 2 rings (SSSR count). The van der Waals surface area contributed by atoms with Gasteiger partial charge in [0.15, 0.2) is 0 Å². The second kappa shape index (κ2) is 6.47. The summed E-state index contributed by atoms with van der Waals surface area (Å²) in [5, 5.41) is 3.44. The number of nitrogens with one attached hydrogen (secondary N) is 1. The highest BCUT2D eigenvalue weighted by Crippen LogP contribution is 2.22. The van der Waals surface area contributed by atoms with Crippen molar-refractivity contribution in [3.8, 4) is 0 Å². The third-order valence-electron chi connectivity index (χ3n) is 3.67. The lowest BCUT2D eigenvalue weighted by atomic mass is 10.0. The van der Waals surface area contributed by atoms with Crippen molar-refractivity contribution in [2.24, 2.45) is 0 Å². The number of hydrogen-bond acceptors (Lipinski definition) is 2. The van der Waals surface area contributed by atoms with Crippen LogP contribution >= 0.6 is 0 Å².